The Labute approximate surface area is 157 Å². The topological polar surface area (TPSA) is 84.8 Å². The highest BCUT2D eigenvalue weighted by Crippen LogP contribution is 2.30. The van der Waals surface area contributed by atoms with Crippen molar-refractivity contribution in [2.75, 3.05) is 0 Å². The molecule has 0 radical (unpaired) electrons. The van der Waals surface area contributed by atoms with Crippen molar-refractivity contribution in [3.05, 3.63) is 70.8 Å². The first kappa shape index (κ1) is 17.5. The summed E-state index contributed by atoms with van der Waals surface area (Å²) >= 11 is 0. The summed E-state index contributed by atoms with van der Waals surface area (Å²) in [6, 6.07) is 9.95. The van der Waals surface area contributed by atoms with E-state index in [1.807, 2.05) is 49.0 Å². The number of amides is 1. The molecule has 1 aromatic carbocycles. The maximum atomic E-state index is 12.7. The van der Waals surface area contributed by atoms with Crippen LogP contribution in [0, 0.1) is 0 Å². The Kier molecular flexibility index (Phi) is 4.77. The molecule has 2 atom stereocenters. The van der Waals surface area contributed by atoms with Gasteiger partial charge in [-0.2, -0.15) is 10.2 Å². The Morgan fingerprint density at radius 3 is 2.89 bits per heavy atom. The molecule has 3 aromatic rings. The van der Waals surface area contributed by atoms with Gasteiger partial charge >= 0.3 is 0 Å². The molecule has 1 amide bonds. The first-order valence-electron chi connectivity index (χ1n) is 9.17. The summed E-state index contributed by atoms with van der Waals surface area (Å²) in [6.07, 6.45) is 4.38. The molecule has 0 aliphatic carbocycles. The van der Waals surface area contributed by atoms with Crippen molar-refractivity contribution in [1.29, 1.82) is 0 Å². The van der Waals surface area contributed by atoms with Gasteiger partial charge in [-0.25, -0.2) is 0 Å². The number of H-pyrrole nitrogens is 1. The summed E-state index contributed by atoms with van der Waals surface area (Å²) in [7, 11) is 0. The highest BCUT2D eigenvalue weighted by Gasteiger charge is 2.29. The highest BCUT2D eigenvalue weighted by atomic mass is 16.5. The lowest BCUT2D eigenvalue weighted by Crippen LogP contribution is -2.27. The van der Waals surface area contributed by atoms with Crippen molar-refractivity contribution >= 4 is 5.91 Å². The fourth-order valence-corrected chi connectivity index (χ4v) is 3.57. The second kappa shape index (κ2) is 7.36. The van der Waals surface area contributed by atoms with E-state index in [2.05, 4.69) is 26.7 Å². The molecule has 3 heterocycles. The Morgan fingerprint density at radius 1 is 1.30 bits per heavy atom. The Morgan fingerprint density at radius 2 is 2.11 bits per heavy atom. The number of carbonyl (C=O) groups excluding carboxylic acids is 1. The number of nitrogens with zero attached hydrogens (tertiary/aromatic N) is 3. The smallest absolute Gasteiger partial charge is 0.272 e. The number of nitrogens with one attached hydrogen (secondary N) is 2. The number of fused-ring (bicyclic) bond motifs is 1. The molecule has 0 saturated carbocycles. The van der Waals surface area contributed by atoms with Crippen LogP contribution in [0.1, 0.15) is 52.8 Å². The van der Waals surface area contributed by atoms with Crippen LogP contribution >= 0.6 is 0 Å². The van der Waals surface area contributed by atoms with E-state index in [4.69, 9.17) is 4.74 Å². The average Bonchev–Trinajstić information content (AvgIpc) is 3.30. The number of carbonyl (C=O) groups is 1. The molecular formula is C20H23N5O2. The van der Waals surface area contributed by atoms with Crippen molar-refractivity contribution < 1.29 is 9.53 Å². The number of ether oxygens (including phenoxy) is 1. The van der Waals surface area contributed by atoms with E-state index in [1.165, 1.54) is 0 Å². The van der Waals surface area contributed by atoms with Gasteiger partial charge in [0.15, 0.2) is 5.69 Å². The molecule has 27 heavy (non-hydrogen) atoms. The van der Waals surface area contributed by atoms with Gasteiger partial charge < -0.3 is 10.1 Å². The fourth-order valence-electron chi connectivity index (χ4n) is 3.57. The predicted molar refractivity (Wildman–Crippen MR) is 100 cm³/mol. The molecule has 0 fully saturated rings. The molecule has 0 unspecified atom stereocenters. The van der Waals surface area contributed by atoms with Crippen LogP contribution in [0.25, 0.3) is 0 Å². The summed E-state index contributed by atoms with van der Waals surface area (Å²) in [4.78, 5) is 12.7. The second-order valence-corrected chi connectivity index (χ2v) is 6.91. The fraction of sp³-hybridized carbons (Fsp3) is 0.350. The van der Waals surface area contributed by atoms with Crippen molar-refractivity contribution in [2.45, 2.75) is 45.6 Å². The summed E-state index contributed by atoms with van der Waals surface area (Å²) in [6.45, 7) is 5.10. The Bertz CT molecular complexity index is 932. The van der Waals surface area contributed by atoms with Crippen molar-refractivity contribution in [1.82, 2.24) is 25.3 Å². The van der Waals surface area contributed by atoms with Crippen LogP contribution in [0.3, 0.4) is 0 Å². The number of aromatic nitrogens is 4. The lowest BCUT2D eigenvalue weighted by Gasteiger charge is -2.25. The van der Waals surface area contributed by atoms with Gasteiger partial charge in [-0.1, -0.05) is 24.3 Å². The molecule has 1 aliphatic rings. The van der Waals surface area contributed by atoms with Crippen LogP contribution in [-0.2, 0) is 24.2 Å². The first-order chi connectivity index (χ1) is 13.1. The SMILES string of the molecule is C[C@@H]1Cc2c(C(=O)NCc3ccccc3Cn3cccn3)n[nH]c2[C@H](C)O1. The van der Waals surface area contributed by atoms with Crippen LogP contribution < -0.4 is 5.32 Å². The summed E-state index contributed by atoms with van der Waals surface area (Å²) < 4.78 is 7.66. The minimum atomic E-state index is -0.164. The predicted octanol–water partition coefficient (Wildman–Crippen LogP) is 2.61. The zero-order valence-electron chi connectivity index (χ0n) is 15.5. The number of aromatic amines is 1. The number of hydrogen-bond acceptors (Lipinski definition) is 4. The maximum absolute atomic E-state index is 12.7. The Balaban J connectivity index is 1.48. The molecule has 4 rings (SSSR count). The van der Waals surface area contributed by atoms with Gasteiger partial charge in [0.05, 0.1) is 24.4 Å². The van der Waals surface area contributed by atoms with E-state index in [0.717, 1.165) is 22.4 Å². The van der Waals surface area contributed by atoms with Crippen molar-refractivity contribution in [2.24, 2.45) is 0 Å². The molecule has 2 N–H and O–H groups in total. The molecule has 0 saturated heterocycles. The molecular weight excluding hydrogens is 342 g/mol. The monoisotopic (exact) mass is 365 g/mol. The summed E-state index contributed by atoms with van der Waals surface area (Å²) in [5, 5.41) is 14.5. The molecule has 1 aliphatic heterocycles. The van der Waals surface area contributed by atoms with E-state index in [-0.39, 0.29) is 18.1 Å². The molecule has 7 nitrogen and oxygen atoms in total. The lowest BCUT2D eigenvalue weighted by molar-refractivity contribution is -0.00697. The van der Waals surface area contributed by atoms with Crippen LogP contribution in [0.5, 0.6) is 0 Å². The van der Waals surface area contributed by atoms with E-state index in [1.54, 1.807) is 6.20 Å². The third kappa shape index (κ3) is 3.64. The van der Waals surface area contributed by atoms with Crippen LogP contribution in [0.2, 0.25) is 0 Å². The summed E-state index contributed by atoms with van der Waals surface area (Å²) in [5.41, 5.74) is 4.52. The molecule has 140 valence electrons. The van der Waals surface area contributed by atoms with Crippen molar-refractivity contribution in [3.63, 3.8) is 0 Å². The van der Waals surface area contributed by atoms with Crippen LogP contribution in [-0.4, -0.2) is 32.0 Å². The quantitative estimate of drug-likeness (QED) is 0.728. The van der Waals surface area contributed by atoms with Gasteiger partial charge in [0, 0.05) is 30.9 Å². The van der Waals surface area contributed by atoms with E-state index < -0.39 is 0 Å². The van der Waals surface area contributed by atoms with Crippen molar-refractivity contribution in [3.8, 4) is 0 Å². The zero-order chi connectivity index (χ0) is 18.8. The first-order valence-corrected chi connectivity index (χ1v) is 9.17. The van der Waals surface area contributed by atoms with Gasteiger partial charge in [0.25, 0.3) is 5.91 Å². The van der Waals surface area contributed by atoms with Crippen LogP contribution in [0.15, 0.2) is 42.7 Å². The molecule has 0 bridgehead atoms. The number of rotatable bonds is 5. The van der Waals surface area contributed by atoms with E-state index in [0.29, 0.717) is 25.2 Å². The lowest BCUT2D eigenvalue weighted by atomic mass is 9.99. The Hall–Kier alpha value is -2.93. The van der Waals surface area contributed by atoms with E-state index in [9.17, 15) is 4.79 Å². The van der Waals surface area contributed by atoms with Gasteiger partial charge in [-0.3, -0.25) is 14.6 Å². The van der Waals surface area contributed by atoms with Gasteiger partial charge in [-0.05, 0) is 31.0 Å². The van der Waals surface area contributed by atoms with Gasteiger partial charge in [0.1, 0.15) is 0 Å². The highest BCUT2D eigenvalue weighted by molar-refractivity contribution is 5.94. The minimum absolute atomic E-state index is 0.0754. The van der Waals surface area contributed by atoms with Gasteiger partial charge in [0.2, 0.25) is 0 Å². The maximum Gasteiger partial charge on any atom is 0.272 e. The normalized spacial score (nSPS) is 18.9. The van der Waals surface area contributed by atoms with Crippen LogP contribution in [0.4, 0.5) is 0 Å². The largest absolute Gasteiger partial charge is 0.369 e. The minimum Gasteiger partial charge on any atom is -0.369 e. The number of benzene rings is 1. The second-order valence-electron chi connectivity index (χ2n) is 6.91. The zero-order valence-corrected chi connectivity index (χ0v) is 15.5. The third-order valence-electron chi connectivity index (χ3n) is 4.90. The van der Waals surface area contributed by atoms with Gasteiger partial charge in [-0.15, -0.1) is 0 Å². The molecule has 0 spiro atoms. The standard InChI is InChI=1S/C20H23N5O2/c1-13-10-17-18(14(2)27-13)23-24-19(17)20(26)21-11-15-6-3-4-7-16(15)12-25-9-5-8-22-25/h3-9,13-14H,10-12H2,1-2H3,(H,21,26)(H,23,24)/t13-,14+/m1/s1. The number of hydrogen-bond donors (Lipinski definition) is 2. The third-order valence-corrected chi connectivity index (χ3v) is 4.90. The molecule has 7 heteroatoms. The van der Waals surface area contributed by atoms with E-state index >= 15 is 0 Å². The average molecular weight is 365 g/mol. The molecule has 2 aromatic heterocycles. The summed E-state index contributed by atoms with van der Waals surface area (Å²) in [5.74, 6) is -0.164.